The van der Waals surface area contributed by atoms with Gasteiger partial charge in [0.25, 0.3) is 0 Å². The predicted molar refractivity (Wildman–Crippen MR) is 99.2 cm³/mol. The molecular weight excluding hydrogens is 335 g/mol. The minimum atomic E-state index is -4.29. The van der Waals surface area contributed by atoms with Gasteiger partial charge in [-0.1, -0.05) is 60.7 Å². The van der Waals surface area contributed by atoms with Crippen LogP contribution in [-0.4, -0.2) is 6.21 Å². The fourth-order valence-electron chi connectivity index (χ4n) is 3.12. The van der Waals surface area contributed by atoms with Crippen LogP contribution < -0.4 is 4.99 Å². The second-order valence-corrected chi connectivity index (χ2v) is 6.40. The molecule has 0 aromatic heterocycles. The van der Waals surface area contributed by atoms with Gasteiger partial charge in [0.05, 0.1) is 5.56 Å². The zero-order valence-corrected chi connectivity index (χ0v) is 14.6. The van der Waals surface area contributed by atoms with Gasteiger partial charge in [0.15, 0.2) is 6.04 Å². The van der Waals surface area contributed by atoms with Crippen LogP contribution in [0.3, 0.4) is 0 Å². The van der Waals surface area contributed by atoms with Crippen molar-refractivity contribution < 1.29 is 18.2 Å². The molecule has 3 aromatic rings. The van der Waals surface area contributed by atoms with Crippen LogP contribution >= 0.6 is 0 Å². The van der Waals surface area contributed by atoms with Crippen LogP contribution in [-0.2, 0) is 12.6 Å². The van der Waals surface area contributed by atoms with E-state index in [0.29, 0.717) is 18.4 Å². The smallest absolute Gasteiger partial charge is 0.245 e. The number of alkyl halides is 3. The van der Waals surface area contributed by atoms with Gasteiger partial charge in [-0.3, -0.25) is 0 Å². The number of halogens is 3. The van der Waals surface area contributed by atoms with Crippen molar-refractivity contribution in [2.45, 2.75) is 32.0 Å². The van der Waals surface area contributed by atoms with Crippen LogP contribution in [0.25, 0.3) is 10.8 Å². The molecule has 0 amide bonds. The monoisotopic (exact) mass is 356 g/mol. The van der Waals surface area contributed by atoms with Crippen molar-refractivity contribution in [3.8, 4) is 0 Å². The predicted octanol–water partition coefficient (Wildman–Crippen LogP) is 4.70. The molecule has 26 heavy (non-hydrogen) atoms. The quantitative estimate of drug-likeness (QED) is 0.637. The molecule has 134 valence electrons. The zero-order valence-electron chi connectivity index (χ0n) is 14.6. The largest absolute Gasteiger partial charge is 0.416 e. The fraction of sp³-hybridized carbons (Fsp3) is 0.227. The normalized spacial score (nSPS) is 13.4. The molecule has 0 radical (unpaired) electrons. The lowest BCUT2D eigenvalue weighted by Gasteiger charge is -2.08. The lowest BCUT2D eigenvalue weighted by Crippen LogP contribution is -2.69. The number of hydrogen-bond acceptors (Lipinski definition) is 0. The molecule has 3 aromatic carbocycles. The van der Waals surface area contributed by atoms with E-state index in [0.717, 1.165) is 6.07 Å². The third kappa shape index (κ3) is 4.31. The number of nitrogens with one attached hydrogen (secondary N) is 1. The van der Waals surface area contributed by atoms with E-state index < -0.39 is 11.7 Å². The van der Waals surface area contributed by atoms with Gasteiger partial charge in [-0.05, 0) is 28.8 Å². The summed E-state index contributed by atoms with van der Waals surface area (Å²) in [5.74, 6) is 0. The van der Waals surface area contributed by atoms with E-state index in [1.807, 2.05) is 24.4 Å². The fourth-order valence-corrected chi connectivity index (χ4v) is 3.12. The summed E-state index contributed by atoms with van der Waals surface area (Å²) < 4.78 is 38.3. The van der Waals surface area contributed by atoms with E-state index in [-0.39, 0.29) is 6.04 Å². The SMILES string of the molecule is C[C@@H]([NH+]=CCCc1cccc(C(F)(F)F)c1)c1cccc2ccccc12. The van der Waals surface area contributed by atoms with Crippen molar-refractivity contribution in [3.05, 3.63) is 83.4 Å². The maximum atomic E-state index is 12.8. The van der Waals surface area contributed by atoms with Crippen LogP contribution in [0.4, 0.5) is 13.2 Å². The topological polar surface area (TPSA) is 14.0 Å². The summed E-state index contributed by atoms with van der Waals surface area (Å²) >= 11 is 0. The maximum absolute atomic E-state index is 12.8. The average molecular weight is 356 g/mol. The maximum Gasteiger partial charge on any atom is 0.416 e. The lowest BCUT2D eigenvalue weighted by molar-refractivity contribution is -0.501. The van der Waals surface area contributed by atoms with Gasteiger partial charge in [0.2, 0.25) is 0 Å². The van der Waals surface area contributed by atoms with Gasteiger partial charge in [-0.15, -0.1) is 0 Å². The van der Waals surface area contributed by atoms with Gasteiger partial charge in [-0.2, -0.15) is 13.2 Å². The number of fused-ring (bicyclic) bond motifs is 1. The van der Waals surface area contributed by atoms with E-state index in [9.17, 15) is 13.2 Å². The minimum Gasteiger partial charge on any atom is -0.245 e. The van der Waals surface area contributed by atoms with Crippen molar-refractivity contribution >= 4 is 17.0 Å². The number of aryl methyl sites for hydroxylation is 1. The molecular formula is C22H21F3N+. The van der Waals surface area contributed by atoms with Crippen LogP contribution in [0, 0.1) is 0 Å². The average Bonchev–Trinajstić information content (AvgIpc) is 2.64. The van der Waals surface area contributed by atoms with Gasteiger partial charge in [0.1, 0.15) is 6.21 Å². The Labute approximate surface area is 151 Å². The summed E-state index contributed by atoms with van der Waals surface area (Å²) in [7, 11) is 0. The Morgan fingerprint density at radius 1 is 0.962 bits per heavy atom. The Morgan fingerprint density at radius 3 is 2.50 bits per heavy atom. The summed E-state index contributed by atoms with van der Waals surface area (Å²) in [6.07, 6.45) is -1.12. The highest BCUT2D eigenvalue weighted by atomic mass is 19.4. The standard InChI is InChI=1S/C22H20F3N/c1-16(20-13-5-10-18-9-2-3-12-21(18)20)26-14-6-8-17-7-4-11-19(15-17)22(23,24)25/h2-5,7,9-16H,6,8H2,1H3/p+1/t16-/m1/s1. The molecule has 0 aliphatic heterocycles. The first-order chi connectivity index (χ1) is 12.4. The molecule has 1 N–H and O–H groups in total. The van der Waals surface area contributed by atoms with E-state index in [1.54, 1.807) is 6.07 Å². The molecule has 0 aliphatic rings. The number of rotatable bonds is 5. The molecule has 1 atom stereocenters. The first-order valence-electron chi connectivity index (χ1n) is 8.66. The number of hydrogen-bond donors (Lipinski definition) is 1. The molecule has 0 saturated heterocycles. The van der Waals surface area contributed by atoms with Crippen molar-refractivity contribution in [2.24, 2.45) is 0 Å². The highest BCUT2D eigenvalue weighted by Crippen LogP contribution is 2.29. The van der Waals surface area contributed by atoms with Crippen molar-refractivity contribution in [2.75, 3.05) is 0 Å². The van der Waals surface area contributed by atoms with Crippen LogP contribution in [0.1, 0.15) is 36.1 Å². The summed E-state index contributed by atoms with van der Waals surface area (Å²) in [6.45, 7) is 2.09. The Morgan fingerprint density at radius 2 is 1.69 bits per heavy atom. The highest BCUT2D eigenvalue weighted by molar-refractivity contribution is 5.85. The molecule has 0 spiro atoms. The van der Waals surface area contributed by atoms with Crippen molar-refractivity contribution in [1.82, 2.24) is 0 Å². The molecule has 0 fully saturated rings. The van der Waals surface area contributed by atoms with Crippen LogP contribution in [0.2, 0.25) is 0 Å². The Kier molecular flexibility index (Phi) is 5.40. The molecule has 0 heterocycles. The minimum absolute atomic E-state index is 0.127. The van der Waals surface area contributed by atoms with E-state index in [2.05, 4.69) is 36.2 Å². The summed E-state index contributed by atoms with van der Waals surface area (Å²) in [4.78, 5) is 3.36. The van der Waals surface area contributed by atoms with Gasteiger partial charge >= 0.3 is 6.18 Å². The molecule has 0 unspecified atom stereocenters. The summed E-state index contributed by atoms with van der Waals surface area (Å²) in [5, 5.41) is 2.41. The third-order valence-corrected chi connectivity index (χ3v) is 4.49. The molecule has 0 aliphatic carbocycles. The van der Waals surface area contributed by atoms with E-state index in [1.165, 1.54) is 28.5 Å². The van der Waals surface area contributed by atoms with Gasteiger partial charge in [-0.25, -0.2) is 4.99 Å². The Balaban J connectivity index is 1.65. The van der Waals surface area contributed by atoms with Crippen LogP contribution in [0.15, 0.2) is 66.7 Å². The Hall–Kier alpha value is -2.62. The molecule has 3 rings (SSSR count). The number of benzene rings is 3. The first kappa shape index (κ1) is 18.2. The molecule has 4 heteroatoms. The van der Waals surface area contributed by atoms with E-state index >= 15 is 0 Å². The lowest BCUT2D eigenvalue weighted by atomic mass is 10.00. The molecule has 0 saturated carbocycles. The molecule has 0 bridgehead atoms. The zero-order chi connectivity index (χ0) is 18.6. The van der Waals surface area contributed by atoms with E-state index in [4.69, 9.17) is 0 Å². The second-order valence-electron chi connectivity index (χ2n) is 6.40. The highest BCUT2D eigenvalue weighted by Gasteiger charge is 2.30. The Bertz CT molecular complexity index is 907. The second kappa shape index (κ2) is 7.73. The summed E-state index contributed by atoms with van der Waals surface area (Å²) in [6, 6.07) is 20.1. The van der Waals surface area contributed by atoms with Crippen molar-refractivity contribution in [3.63, 3.8) is 0 Å². The van der Waals surface area contributed by atoms with Gasteiger partial charge < -0.3 is 0 Å². The van der Waals surface area contributed by atoms with Gasteiger partial charge in [0, 0.05) is 18.9 Å². The molecule has 1 nitrogen and oxygen atoms in total. The van der Waals surface area contributed by atoms with Crippen LogP contribution in [0.5, 0.6) is 0 Å². The summed E-state index contributed by atoms with van der Waals surface area (Å²) in [5.41, 5.74) is 1.31. The van der Waals surface area contributed by atoms with Crippen molar-refractivity contribution in [1.29, 1.82) is 0 Å². The third-order valence-electron chi connectivity index (χ3n) is 4.49. The first-order valence-corrected chi connectivity index (χ1v) is 8.66.